The second-order valence-electron chi connectivity index (χ2n) is 9.19. The molecule has 0 atom stereocenters. The number of aromatic nitrogens is 1. The van der Waals surface area contributed by atoms with Crippen molar-refractivity contribution in [2.75, 3.05) is 42.9 Å². The van der Waals surface area contributed by atoms with E-state index in [0.717, 1.165) is 74.1 Å². The number of rotatable bonds is 6. The molecule has 0 radical (unpaired) electrons. The minimum Gasteiger partial charge on any atom is -0.368 e. The van der Waals surface area contributed by atoms with E-state index in [0.29, 0.717) is 5.69 Å². The van der Waals surface area contributed by atoms with E-state index in [1.807, 2.05) is 25.1 Å². The van der Waals surface area contributed by atoms with Crippen LogP contribution in [0, 0.1) is 18.6 Å². The Morgan fingerprint density at radius 2 is 1.61 bits per heavy atom. The molecule has 9 heteroatoms. The number of benzene rings is 3. The molecule has 200 valence electrons. The molecule has 0 unspecified atom stereocenters. The maximum atomic E-state index is 13.4. The maximum absolute atomic E-state index is 13.4. The molecule has 1 amide bonds. The van der Waals surface area contributed by atoms with Crippen LogP contribution in [0.15, 0.2) is 72.8 Å². The van der Waals surface area contributed by atoms with Crippen molar-refractivity contribution in [3.63, 3.8) is 0 Å². The standard InChI is InChI=1S/C29H28F2N4O.2ClH/c1-20-8-9-26-27(32-20)6-3-7-28(26)35-14-12-34(13-15-35)11-10-21-4-2-5-25(16-21)33-29(36)22-17-23(30)19-24(31)18-22;;/h2-9,16-19H,10-15H2,1H3,(H,33,36);2*1H. The van der Waals surface area contributed by atoms with Crippen LogP contribution >= 0.6 is 24.8 Å². The number of pyridine rings is 1. The molecule has 5 rings (SSSR count). The molecular weight excluding hydrogens is 529 g/mol. The molecule has 38 heavy (non-hydrogen) atoms. The van der Waals surface area contributed by atoms with Gasteiger partial charge >= 0.3 is 0 Å². The first kappa shape index (κ1) is 29.3. The van der Waals surface area contributed by atoms with Crippen molar-refractivity contribution in [1.29, 1.82) is 0 Å². The number of fused-ring (bicyclic) bond motifs is 1. The Bertz CT molecular complexity index is 1390. The summed E-state index contributed by atoms with van der Waals surface area (Å²) in [5.41, 5.74) is 4.94. The molecule has 3 aromatic carbocycles. The van der Waals surface area contributed by atoms with Gasteiger partial charge < -0.3 is 10.2 Å². The quantitative estimate of drug-likeness (QED) is 0.302. The van der Waals surface area contributed by atoms with Crippen molar-refractivity contribution in [2.45, 2.75) is 13.3 Å². The molecule has 1 N–H and O–H groups in total. The number of hydrogen-bond acceptors (Lipinski definition) is 4. The molecule has 1 fully saturated rings. The second kappa shape index (κ2) is 13.0. The highest BCUT2D eigenvalue weighted by Crippen LogP contribution is 2.27. The molecule has 1 aliphatic rings. The Labute approximate surface area is 233 Å². The molecule has 0 bridgehead atoms. The van der Waals surface area contributed by atoms with Gasteiger partial charge in [0.1, 0.15) is 11.6 Å². The zero-order valence-electron chi connectivity index (χ0n) is 21.0. The number of anilines is 2. The minimum atomic E-state index is -0.777. The molecule has 5 nitrogen and oxygen atoms in total. The van der Waals surface area contributed by atoms with Gasteiger partial charge in [-0.2, -0.15) is 0 Å². The summed E-state index contributed by atoms with van der Waals surface area (Å²) in [4.78, 5) is 22.0. The van der Waals surface area contributed by atoms with Gasteiger partial charge in [0, 0.05) is 66.8 Å². The summed E-state index contributed by atoms with van der Waals surface area (Å²) < 4.78 is 26.9. The van der Waals surface area contributed by atoms with Gasteiger partial charge in [0.25, 0.3) is 5.91 Å². The van der Waals surface area contributed by atoms with Crippen molar-refractivity contribution in [2.24, 2.45) is 0 Å². The molecule has 4 aromatic rings. The van der Waals surface area contributed by atoms with Crippen LogP contribution in [0.25, 0.3) is 10.9 Å². The van der Waals surface area contributed by atoms with Crippen molar-refractivity contribution in [3.05, 3.63) is 101 Å². The number of nitrogens with zero attached hydrogens (tertiary/aromatic N) is 3. The molecule has 1 saturated heterocycles. The van der Waals surface area contributed by atoms with Crippen LogP contribution in [0.2, 0.25) is 0 Å². The van der Waals surface area contributed by atoms with E-state index in [1.165, 1.54) is 11.1 Å². The van der Waals surface area contributed by atoms with Gasteiger partial charge in [0.05, 0.1) is 5.52 Å². The predicted molar refractivity (Wildman–Crippen MR) is 154 cm³/mol. The highest BCUT2D eigenvalue weighted by molar-refractivity contribution is 6.04. The zero-order valence-corrected chi connectivity index (χ0v) is 22.6. The van der Waals surface area contributed by atoms with Gasteiger partial charge in [-0.3, -0.25) is 14.7 Å². The van der Waals surface area contributed by atoms with Crippen molar-refractivity contribution >= 4 is 53.0 Å². The molecule has 0 saturated carbocycles. The molecule has 1 aliphatic heterocycles. The van der Waals surface area contributed by atoms with Crippen LogP contribution in [-0.2, 0) is 6.42 Å². The molecule has 2 heterocycles. The van der Waals surface area contributed by atoms with Gasteiger partial charge in [-0.1, -0.05) is 18.2 Å². The Hall–Kier alpha value is -3.26. The average Bonchev–Trinajstić information content (AvgIpc) is 2.87. The van der Waals surface area contributed by atoms with Gasteiger partial charge in [0.15, 0.2) is 0 Å². The van der Waals surface area contributed by atoms with Crippen molar-refractivity contribution in [3.8, 4) is 0 Å². The second-order valence-corrected chi connectivity index (χ2v) is 9.19. The van der Waals surface area contributed by atoms with E-state index in [9.17, 15) is 13.6 Å². The number of amides is 1. The number of carbonyl (C=O) groups is 1. The number of piperazine rings is 1. The van der Waals surface area contributed by atoms with E-state index in [2.05, 4.69) is 50.4 Å². The number of carbonyl (C=O) groups excluding carboxylic acids is 1. The van der Waals surface area contributed by atoms with E-state index >= 15 is 0 Å². The number of nitrogens with one attached hydrogen (secondary N) is 1. The summed E-state index contributed by atoms with van der Waals surface area (Å²) in [6.45, 7) is 6.77. The summed E-state index contributed by atoms with van der Waals surface area (Å²) in [6, 6.07) is 20.9. The highest BCUT2D eigenvalue weighted by atomic mass is 35.5. The minimum absolute atomic E-state index is 0. The van der Waals surface area contributed by atoms with Crippen LogP contribution in [0.3, 0.4) is 0 Å². The Balaban J connectivity index is 0.00000200. The SMILES string of the molecule is Cc1ccc2c(N3CCN(CCc4cccc(NC(=O)c5cc(F)cc(F)c5)c4)CC3)cccc2n1.Cl.Cl. The Kier molecular flexibility index (Phi) is 10.0. The fourth-order valence-corrected chi connectivity index (χ4v) is 4.71. The topological polar surface area (TPSA) is 48.5 Å². The van der Waals surface area contributed by atoms with Gasteiger partial charge in [-0.25, -0.2) is 8.78 Å². The molecular formula is C29H30Cl2F2N4O. The third-order valence-electron chi connectivity index (χ3n) is 6.59. The average molecular weight is 559 g/mol. The third kappa shape index (κ3) is 6.98. The van der Waals surface area contributed by atoms with Crippen LogP contribution in [0.5, 0.6) is 0 Å². The monoisotopic (exact) mass is 558 g/mol. The predicted octanol–water partition coefficient (Wildman–Crippen LogP) is 6.28. The summed E-state index contributed by atoms with van der Waals surface area (Å²) in [7, 11) is 0. The van der Waals surface area contributed by atoms with Gasteiger partial charge in [0.2, 0.25) is 0 Å². The van der Waals surface area contributed by atoms with E-state index < -0.39 is 17.5 Å². The Morgan fingerprint density at radius 3 is 2.34 bits per heavy atom. The maximum Gasteiger partial charge on any atom is 0.255 e. The normalized spacial score (nSPS) is 13.5. The molecule has 1 aromatic heterocycles. The highest BCUT2D eigenvalue weighted by Gasteiger charge is 2.19. The van der Waals surface area contributed by atoms with Crippen LogP contribution in [0.4, 0.5) is 20.2 Å². The van der Waals surface area contributed by atoms with Crippen LogP contribution < -0.4 is 10.2 Å². The summed E-state index contributed by atoms with van der Waals surface area (Å²) in [6.07, 6.45) is 0.843. The van der Waals surface area contributed by atoms with E-state index in [-0.39, 0.29) is 30.4 Å². The van der Waals surface area contributed by atoms with E-state index in [4.69, 9.17) is 0 Å². The van der Waals surface area contributed by atoms with Gasteiger partial charge in [-0.05, 0) is 67.4 Å². The lowest BCUT2D eigenvalue weighted by Gasteiger charge is -2.36. The fraction of sp³-hybridized carbons (Fsp3) is 0.241. The number of aryl methyl sites for hydroxylation is 1. The number of hydrogen-bond donors (Lipinski definition) is 1. The fourth-order valence-electron chi connectivity index (χ4n) is 4.71. The summed E-state index contributed by atoms with van der Waals surface area (Å²) >= 11 is 0. The first-order valence-corrected chi connectivity index (χ1v) is 12.1. The van der Waals surface area contributed by atoms with E-state index in [1.54, 1.807) is 6.07 Å². The lowest BCUT2D eigenvalue weighted by atomic mass is 10.1. The molecule has 0 spiro atoms. The largest absolute Gasteiger partial charge is 0.368 e. The lowest BCUT2D eigenvalue weighted by Crippen LogP contribution is -2.47. The zero-order chi connectivity index (χ0) is 25.1. The Morgan fingerprint density at radius 1 is 0.895 bits per heavy atom. The number of halogens is 4. The first-order chi connectivity index (χ1) is 17.4. The van der Waals surface area contributed by atoms with Gasteiger partial charge in [-0.15, -0.1) is 24.8 Å². The van der Waals surface area contributed by atoms with Crippen molar-refractivity contribution < 1.29 is 13.6 Å². The first-order valence-electron chi connectivity index (χ1n) is 12.1. The van der Waals surface area contributed by atoms with Crippen LogP contribution in [-0.4, -0.2) is 48.5 Å². The molecule has 0 aliphatic carbocycles. The summed E-state index contributed by atoms with van der Waals surface area (Å²) in [5.74, 6) is -2.09. The summed E-state index contributed by atoms with van der Waals surface area (Å²) in [5, 5.41) is 3.93. The van der Waals surface area contributed by atoms with Crippen molar-refractivity contribution in [1.82, 2.24) is 9.88 Å². The third-order valence-corrected chi connectivity index (χ3v) is 6.59. The van der Waals surface area contributed by atoms with Crippen LogP contribution in [0.1, 0.15) is 21.6 Å². The smallest absolute Gasteiger partial charge is 0.255 e. The lowest BCUT2D eigenvalue weighted by molar-refractivity contribution is 0.102.